The van der Waals surface area contributed by atoms with Gasteiger partial charge in [0.05, 0.1) is 5.56 Å². The van der Waals surface area contributed by atoms with E-state index in [-0.39, 0.29) is 141 Å². The van der Waals surface area contributed by atoms with Crippen LogP contribution in [0.15, 0.2) is 91.0 Å². The molecule has 221 valence electrons. The first-order valence-electron chi connectivity index (χ1n) is 13.6. The summed E-state index contributed by atoms with van der Waals surface area (Å²) in [6.07, 6.45) is 0. The third-order valence-electron chi connectivity index (χ3n) is 7.81. The van der Waals surface area contributed by atoms with Gasteiger partial charge in [-0.1, -0.05) is 84.9 Å². The summed E-state index contributed by atoms with van der Waals surface area (Å²) in [7, 11) is 0. The van der Waals surface area contributed by atoms with Crippen LogP contribution >= 0.6 is 0 Å². The molecule has 0 saturated heterocycles. The second-order valence-electron chi connectivity index (χ2n) is 10.3. The molecule has 0 atom stereocenters. The third kappa shape index (κ3) is 6.45. The van der Waals surface area contributed by atoms with Crippen LogP contribution in [0.2, 0.25) is 0 Å². The molecule has 0 unspecified atom stereocenters. The predicted molar refractivity (Wildman–Crippen MR) is 192 cm³/mol. The fraction of sp³-hybridized carbons (Fsp3) is 0. The van der Waals surface area contributed by atoms with Gasteiger partial charge in [0.25, 0.3) is 0 Å². The number of nitrogens with zero attached hydrogens (tertiary/aromatic N) is 6. The van der Waals surface area contributed by atoms with Crippen LogP contribution in [-0.4, -0.2) is 169 Å². The molecule has 3 aromatic heterocycles. The van der Waals surface area contributed by atoms with Crippen molar-refractivity contribution in [3.05, 3.63) is 96.6 Å². The van der Waals surface area contributed by atoms with Gasteiger partial charge in [-0.2, -0.15) is 0 Å². The molecule has 8 bridgehead atoms. The van der Waals surface area contributed by atoms with Crippen LogP contribution < -0.4 is 0 Å². The summed E-state index contributed by atoms with van der Waals surface area (Å²) in [4.78, 5) is 48.5. The van der Waals surface area contributed by atoms with Crippen molar-refractivity contribution >= 4 is 168 Å². The van der Waals surface area contributed by atoms with Gasteiger partial charge in [0.15, 0.2) is 23.3 Å². The van der Waals surface area contributed by atoms with Crippen molar-refractivity contribution in [3.63, 3.8) is 0 Å². The Labute approximate surface area is 372 Å². The molecule has 0 fully saturated rings. The average Bonchev–Trinajstić information content (AvgIpc) is 3.76. The fourth-order valence-electron chi connectivity index (χ4n) is 5.87. The molecule has 10 nitrogen and oxygen atoms in total. The van der Waals surface area contributed by atoms with Crippen LogP contribution in [0.3, 0.4) is 0 Å². The van der Waals surface area contributed by atoms with E-state index in [0.29, 0.717) is 56.7 Å². The minimum absolute atomic E-state index is 0. The zero-order valence-corrected chi connectivity index (χ0v) is 23.4. The second kappa shape index (κ2) is 15.6. The Kier molecular flexibility index (Phi) is 12.7. The van der Waals surface area contributed by atoms with Gasteiger partial charge < -0.3 is 15.1 Å². The van der Waals surface area contributed by atoms with E-state index in [1.165, 1.54) is 0 Å². The summed E-state index contributed by atoms with van der Waals surface area (Å²) in [6.45, 7) is 0. The average molecular weight is 718 g/mol. The van der Waals surface area contributed by atoms with Gasteiger partial charge >= 0.3 is 124 Å². The monoisotopic (exact) mass is 717 g/mol. The van der Waals surface area contributed by atoms with Gasteiger partial charge in [-0.3, -0.25) is 0 Å². The van der Waals surface area contributed by atoms with E-state index in [9.17, 15) is 9.90 Å². The van der Waals surface area contributed by atoms with E-state index in [0.717, 1.165) is 33.0 Å². The van der Waals surface area contributed by atoms with Crippen LogP contribution in [0.25, 0.3) is 89.7 Å². The van der Waals surface area contributed by atoms with E-state index in [1.807, 2.05) is 78.9 Å². The number of aromatic amines is 2. The van der Waals surface area contributed by atoms with Gasteiger partial charge in [-0.25, -0.2) is 34.7 Å². The van der Waals surface area contributed by atoms with Crippen molar-refractivity contribution in [2.45, 2.75) is 0 Å². The Morgan fingerprint density at radius 1 is 0.458 bits per heavy atom. The molecule has 0 amide bonds. The summed E-state index contributed by atoms with van der Waals surface area (Å²) in [5.41, 5.74) is 5.36. The van der Waals surface area contributed by atoms with Crippen LogP contribution in [0.1, 0.15) is 10.4 Å². The van der Waals surface area contributed by atoms with Gasteiger partial charge in [0.2, 0.25) is 0 Å². The first-order chi connectivity index (χ1) is 21.1. The molecule has 2 aliphatic rings. The molecule has 5 heterocycles. The Bertz CT molecular complexity index is 2530. The van der Waals surface area contributed by atoms with Crippen molar-refractivity contribution in [2.24, 2.45) is 0 Å². The Morgan fingerprint density at radius 3 is 1.25 bits per heavy atom. The predicted octanol–water partition coefficient (Wildman–Crippen LogP) is 3.97. The van der Waals surface area contributed by atoms with Gasteiger partial charge in [0, 0.05) is 60.9 Å². The number of carbonyl (C=O) groups is 1. The summed E-state index contributed by atoms with van der Waals surface area (Å²) < 4.78 is 0. The summed E-state index contributed by atoms with van der Waals surface area (Å²) >= 11 is 0. The number of carboxylic acid groups (broad SMARTS) is 1. The first-order valence-corrected chi connectivity index (χ1v) is 13.6. The molecule has 0 aliphatic carbocycles. The number of aromatic carboxylic acids is 1. The SMILES string of the molecule is O=C(O)c1cccc2c3nc4nc(nc5[nH]c(nc6nc(nc([nH]3)c12)-c1ccccc1-6)c1ccccc51)-c1ccccc1-4.[Cu].[NaH].[NaH].[NaH].[NaH]. The van der Waals surface area contributed by atoms with Gasteiger partial charge in [-0.05, 0) is 6.07 Å². The van der Waals surface area contributed by atoms with Crippen LogP contribution in [-0.2, 0) is 17.1 Å². The summed E-state index contributed by atoms with van der Waals surface area (Å²) in [5, 5.41) is 12.9. The molecule has 48 heavy (non-hydrogen) atoms. The standard InChI is InChI=1S/C33H18N8O2.Cu.4Na.4H/c42-33(43)23-15-7-14-22-24(23)32-40-30-21-13-6-5-12-20(21)28(38-30)36-26-17-9-2-1-8-16(17)25(34-26)35-27-18-10-3-4-11-19(18)29(37-27)39-31(22)41-32;;;;;;;;;/h1-15H,(H,42,43)(H2,34,35,36,37,38,39,40,41);;;;;;;;;. The number of carboxylic acids is 1. The number of aromatic nitrogens is 8. The molecular formula is C33H22CuN8Na4O2. The molecule has 9 rings (SSSR count). The van der Waals surface area contributed by atoms with Crippen LogP contribution in [0.4, 0.5) is 0 Å². The van der Waals surface area contributed by atoms with Gasteiger partial charge in [-0.15, -0.1) is 0 Å². The summed E-state index contributed by atoms with van der Waals surface area (Å²) in [6, 6.07) is 28.5. The fourth-order valence-corrected chi connectivity index (χ4v) is 5.87. The molecular weight excluding hydrogens is 696 g/mol. The molecule has 2 aliphatic heterocycles. The Balaban J connectivity index is 0.00000104. The van der Waals surface area contributed by atoms with Crippen molar-refractivity contribution < 1.29 is 27.0 Å². The third-order valence-corrected chi connectivity index (χ3v) is 7.81. The molecule has 1 radical (unpaired) electrons. The van der Waals surface area contributed by atoms with Crippen molar-refractivity contribution in [2.75, 3.05) is 0 Å². The maximum absolute atomic E-state index is 12.3. The number of hydrogen-bond acceptors (Lipinski definition) is 7. The quantitative estimate of drug-likeness (QED) is 0.216. The maximum atomic E-state index is 12.3. The minimum atomic E-state index is -1.07. The molecule has 4 aromatic carbocycles. The molecule has 7 aromatic rings. The number of fused-ring (bicyclic) bond motifs is 20. The second-order valence-corrected chi connectivity index (χ2v) is 10.3. The van der Waals surface area contributed by atoms with E-state index in [1.54, 1.807) is 12.1 Å². The summed E-state index contributed by atoms with van der Waals surface area (Å²) in [5.74, 6) is 0.791. The molecule has 3 N–H and O–H groups in total. The normalized spacial score (nSPS) is 10.7. The molecule has 0 spiro atoms. The van der Waals surface area contributed by atoms with E-state index >= 15 is 0 Å². The zero-order valence-electron chi connectivity index (χ0n) is 22.5. The van der Waals surface area contributed by atoms with Crippen molar-refractivity contribution in [1.82, 2.24) is 39.9 Å². The number of rotatable bonds is 1. The number of hydrogen-bond donors (Lipinski definition) is 3. The molecule has 0 saturated carbocycles. The Hall–Kier alpha value is -1.77. The van der Waals surface area contributed by atoms with Crippen LogP contribution in [0.5, 0.6) is 0 Å². The topological polar surface area (TPSA) is 146 Å². The van der Waals surface area contributed by atoms with E-state index < -0.39 is 5.97 Å². The van der Waals surface area contributed by atoms with E-state index in [4.69, 9.17) is 29.9 Å². The van der Waals surface area contributed by atoms with Crippen molar-refractivity contribution in [1.29, 1.82) is 0 Å². The van der Waals surface area contributed by atoms with E-state index in [2.05, 4.69) is 9.97 Å². The number of H-pyrrole nitrogens is 2. The zero-order chi connectivity index (χ0) is 28.7. The number of nitrogens with one attached hydrogen (secondary N) is 2. The molecule has 15 heteroatoms. The first kappa shape index (κ1) is 39.0. The van der Waals surface area contributed by atoms with Crippen molar-refractivity contribution in [3.8, 4) is 45.6 Å². The van der Waals surface area contributed by atoms with Gasteiger partial charge in [0.1, 0.15) is 22.6 Å². The van der Waals surface area contributed by atoms with Crippen LogP contribution in [0, 0.1) is 0 Å². The Morgan fingerprint density at radius 2 is 0.812 bits per heavy atom. The number of benzene rings is 4.